The Morgan fingerprint density at radius 3 is 2.76 bits per heavy atom. The Balaban J connectivity index is 2.35. The van der Waals surface area contributed by atoms with E-state index < -0.39 is 5.91 Å². The van der Waals surface area contributed by atoms with E-state index in [4.69, 9.17) is 5.73 Å². The molecule has 3 N–H and O–H groups in total. The molecule has 0 fully saturated rings. The van der Waals surface area contributed by atoms with Gasteiger partial charge in [-0.2, -0.15) is 0 Å². The van der Waals surface area contributed by atoms with Crippen molar-refractivity contribution in [3.8, 4) is 0 Å². The molecule has 1 aromatic carbocycles. The molecule has 0 atom stereocenters. The van der Waals surface area contributed by atoms with Crippen molar-refractivity contribution < 1.29 is 9.59 Å². The summed E-state index contributed by atoms with van der Waals surface area (Å²) >= 11 is 0. The summed E-state index contributed by atoms with van der Waals surface area (Å²) in [6.07, 6.45) is 1.56. The second kappa shape index (κ2) is 4.61. The van der Waals surface area contributed by atoms with Crippen LogP contribution in [0.1, 0.15) is 10.4 Å². The van der Waals surface area contributed by atoms with Crippen LogP contribution < -0.4 is 11.1 Å². The SMILES string of the molecule is NC(=O)CNC(=O)c1ccnc2ccccc12. The summed E-state index contributed by atoms with van der Waals surface area (Å²) in [5.74, 6) is -0.904. The monoisotopic (exact) mass is 229 g/mol. The lowest BCUT2D eigenvalue weighted by atomic mass is 10.1. The van der Waals surface area contributed by atoms with Crippen LogP contribution in [0.3, 0.4) is 0 Å². The van der Waals surface area contributed by atoms with Gasteiger partial charge in [0.05, 0.1) is 17.6 Å². The average molecular weight is 229 g/mol. The minimum Gasteiger partial charge on any atom is -0.368 e. The van der Waals surface area contributed by atoms with Crippen LogP contribution in [0.5, 0.6) is 0 Å². The van der Waals surface area contributed by atoms with Crippen molar-refractivity contribution >= 4 is 22.7 Å². The highest BCUT2D eigenvalue weighted by Crippen LogP contribution is 2.15. The van der Waals surface area contributed by atoms with Gasteiger partial charge in [0.2, 0.25) is 5.91 Å². The molecule has 17 heavy (non-hydrogen) atoms. The van der Waals surface area contributed by atoms with Crippen molar-refractivity contribution in [2.24, 2.45) is 5.73 Å². The highest BCUT2D eigenvalue weighted by Gasteiger charge is 2.10. The summed E-state index contributed by atoms with van der Waals surface area (Å²) in [5.41, 5.74) is 6.18. The Morgan fingerprint density at radius 1 is 1.24 bits per heavy atom. The maximum absolute atomic E-state index is 11.8. The summed E-state index contributed by atoms with van der Waals surface area (Å²) in [6.45, 7) is -0.171. The lowest BCUT2D eigenvalue weighted by Crippen LogP contribution is -2.33. The summed E-state index contributed by atoms with van der Waals surface area (Å²) in [6, 6.07) is 8.91. The predicted octanol–water partition coefficient (Wildman–Crippen LogP) is 0.450. The van der Waals surface area contributed by atoms with Gasteiger partial charge in [0.1, 0.15) is 0 Å². The molecule has 0 spiro atoms. The number of hydrogen-bond acceptors (Lipinski definition) is 3. The molecule has 86 valence electrons. The van der Waals surface area contributed by atoms with Crippen LogP contribution in [-0.2, 0) is 4.79 Å². The maximum Gasteiger partial charge on any atom is 0.252 e. The Bertz CT molecular complexity index is 575. The van der Waals surface area contributed by atoms with Crippen molar-refractivity contribution in [3.63, 3.8) is 0 Å². The van der Waals surface area contributed by atoms with Crippen molar-refractivity contribution in [2.45, 2.75) is 0 Å². The van der Waals surface area contributed by atoms with Gasteiger partial charge < -0.3 is 11.1 Å². The molecule has 1 heterocycles. The van der Waals surface area contributed by atoms with E-state index in [9.17, 15) is 9.59 Å². The first-order chi connectivity index (χ1) is 8.18. The van der Waals surface area contributed by atoms with E-state index in [1.807, 2.05) is 24.3 Å². The summed E-state index contributed by atoms with van der Waals surface area (Å²) < 4.78 is 0. The number of nitrogens with one attached hydrogen (secondary N) is 1. The van der Waals surface area contributed by atoms with Gasteiger partial charge in [0.15, 0.2) is 0 Å². The number of primary amides is 1. The van der Waals surface area contributed by atoms with Crippen molar-refractivity contribution in [3.05, 3.63) is 42.1 Å². The fraction of sp³-hybridized carbons (Fsp3) is 0.0833. The Morgan fingerprint density at radius 2 is 2.00 bits per heavy atom. The molecule has 0 aliphatic heterocycles. The molecule has 1 aromatic heterocycles. The van der Waals surface area contributed by atoms with Gasteiger partial charge in [-0.1, -0.05) is 18.2 Å². The van der Waals surface area contributed by atoms with Crippen molar-refractivity contribution in [1.82, 2.24) is 10.3 Å². The standard InChI is InChI=1S/C12H11N3O2/c13-11(16)7-15-12(17)9-5-6-14-10-4-2-1-3-8(9)10/h1-6H,7H2,(H2,13,16)(H,15,17). The molecule has 5 heteroatoms. The fourth-order valence-electron chi connectivity index (χ4n) is 1.56. The van der Waals surface area contributed by atoms with Gasteiger partial charge in [-0.25, -0.2) is 0 Å². The smallest absolute Gasteiger partial charge is 0.252 e. The zero-order valence-corrected chi connectivity index (χ0v) is 9.01. The molecule has 2 aromatic rings. The van der Waals surface area contributed by atoms with E-state index in [1.165, 1.54) is 0 Å². The number of aromatic nitrogens is 1. The highest BCUT2D eigenvalue weighted by atomic mass is 16.2. The lowest BCUT2D eigenvalue weighted by Gasteiger charge is -2.05. The second-order valence-corrected chi connectivity index (χ2v) is 3.52. The van der Waals surface area contributed by atoms with Crippen molar-refractivity contribution in [2.75, 3.05) is 6.54 Å². The van der Waals surface area contributed by atoms with Crippen LogP contribution in [-0.4, -0.2) is 23.3 Å². The normalized spacial score (nSPS) is 10.1. The fourth-order valence-corrected chi connectivity index (χ4v) is 1.56. The number of benzene rings is 1. The largest absolute Gasteiger partial charge is 0.368 e. The number of hydrogen-bond donors (Lipinski definition) is 2. The number of nitrogens with two attached hydrogens (primary N) is 1. The Hall–Kier alpha value is -2.43. The predicted molar refractivity (Wildman–Crippen MR) is 63.3 cm³/mol. The molecule has 0 radical (unpaired) electrons. The maximum atomic E-state index is 11.8. The quantitative estimate of drug-likeness (QED) is 0.801. The summed E-state index contributed by atoms with van der Waals surface area (Å²) in [4.78, 5) is 26.6. The third kappa shape index (κ3) is 2.39. The Labute approximate surface area is 97.6 Å². The van der Waals surface area contributed by atoms with Gasteiger partial charge >= 0.3 is 0 Å². The molecule has 2 rings (SSSR count). The molecule has 2 amide bonds. The summed E-state index contributed by atoms with van der Waals surface area (Å²) in [7, 11) is 0. The Kier molecular flexibility index (Phi) is 3.00. The first-order valence-electron chi connectivity index (χ1n) is 5.09. The number of pyridine rings is 1. The average Bonchev–Trinajstić information content (AvgIpc) is 2.35. The van der Waals surface area contributed by atoms with Gasteiger partial charge in [-0.15, -0.1) is 0 Å². The number of rotatable bonds is 3. The number of carbonyl (C=O) groups is 2. The van der Waals surface area contributed by atoms with E-state index in [2.05, 4.69) is 10.3 Å². The number of amides is 2. The van der Waals surface area contributed by atoms with Gasteiger partial charge in [-0.3, -0.25) is 14.6 Å². The van der Waals surface area contributed by atoms with Gasteiger partial charge in [0, 0.05) is 11.6 Å². The van der Waals surface area contributed by atoms with Crippen LogP contribution in [0.2, 0.25) is 0 Å². The molecule has 0 unspecified atom stereocenters. The van der Waals surface area contributed by atoms with Crippen LogP contribution in [0.4, 0.5) is 0 Å². The van der Waals surface area contributed by atoms with E-state index in [0.717, 1.165) is 10.9 Å². The molecular formula is C12H11N3O2. The zero-order chi connectivity index (χ0) is 12.3. The first-order valence-corrected chi connectivity index (χ1v) is 5.09. The van der Waals surface area contributed by atoms with E-state index in [-0.39, 0.29) is 12.5 Å². The number of para-hydroxylation sites is 1. The van der Waals surface area contributed by atoms with Gasteiger partial charge in [0.25, 0.3) is 5.91 Å². The molecule has 0 aliphatic rings. The zero-order valence-electron chi connectivity index (χ0n) is 9.01. The molecule has 0 saturated carbocycles. The van der Waals surface area contributed by atoms with Gasteiger partial charge in [-0.05, 0) is 12.1 Å². The first kappa shape index (κ1) is 11.1. The second-order valence-electron chi connectivity index (χ2n) is 3.52. The number of carbonyl (C=O) groups excluding carboxylic acids is 2. The summed E-state index contributed by atoms with van der Waals surface area (Å²) in [5, 5.41) is 3.20. The molecule has 5 nitrogen and oxygen atoms in total. The van der Waals surface area contributed by atoms with Crippen LogP contribution >= 0.6 is 0 Å². The van der Waals surface area contributed by atoms with Crippen LogP contribution in [0, 0.1) is 0 Å². The number of fused-ring (bicyclic) bond motifs is 1. The van der Waals surface area contributed by atoms with Crippen LogP contribution in [0.25, 0.3) is 10.9 Å². The molecule has 0 aliphatic carbocycles. The lowest BCUT2D eigenvalue weighted by molar-refractivity contribution is -0.117. The number of nitrogens with zero attached hydrogens (tertiary/aromatic N) is 1. The highest BCUT2D eigenvalue weighted by molar-refractivity contribution is 6.06. The topological polar surface area (TPSA) is 85.1 Å². The van der Waals surface area contributed by atoms with E-state index >= 15 is 0 Å². The van der Waals surface area contributed by atoms with Crippen molar-refractivity contribution in [1.29, 1.82) is 0 Å². The van der Waals surface area contributed by atoms with E-state index in [0.29, 0.717) is 5.56 Å². The van der Waals surface area contributed by atoms with Crippen LogP contribution in [0.15, 0.2) is 36.5 Å². The van der Waals surface area contributed by atoms with E-state index in [1.54, 1.807) is 12.3 Å². The molecule has 0 saturated heterocycles. The minimum absolute atomic E-state index is 0.171. The third-order valence-corrected chi connectivity index (χ3v) is 2.32. The minimum atomic E-state index is -0.572. The third-order valence-electron chi connectivity index (χ3n) is 2.32. The molecule has 0 bridgehead atoms. The molecular weight excluding hydrogens is 218 g/mol.